The van der Waals surface area contributed by atoms with E-state index in [-0.39, 0.29) is 18.0 Å². The Hall–Kier alpha value is -1.40. The summed E-state index contributed by atoms with van der Waals surface area (Å²) in [6, 6.07) is 2.34. The average molecular weight is 292 g/mol. The number of likely N-dealkylation sites (tertiary alicyclic amines) is 1. The van der Waals surface area contributed by atoms with Gasteiger partial charge >= 0.3 is 0 Å². The minimum atomic E-state index is -0.0547. The van der Waals surface area contributed by atoms with E-state index in [2.05, 4.69) is 15.3 Å². The monoisotopic (exact) mass is 292 g/mol. The van der Waals surface area contributed by atoms with Crippen LogP contribution in [0.5, 0.6) is 0 Å². The van der Waals surface area contributed by atoms with Gasteiger partial charge in [-0.3, -0.25) is 14.4 Å². The fraction of sp³-hybridized carbons (Fsp3) is 0.733. The van der Waals surface area contributed by atoms with Gasteiger partial charge in [0.2, 0.25) is 0 Å². The van der Waals surface area contributed by atoms with Crippen LogP contribution in [0.25, 0.3) is 0 Å². The number of aromatic nitrogens is 2. The fourth-order valence-corrected chi connectivity index (χ4v) is 3.26. The zero-order valence-electron chi connectivity index (χ0n) is 12.8. The third kappa shape index (κ3) is 2.96. The van der Waals surface area contributed by atoms with Crippen LogP contribution in [-0.2, 0) is 4.74 Å². The second-order valence-electron chi connectivity index (χ2n) is 6.18. The van der Waals surface area contributed by atoms with Crippen LogP contribution >= 0.6 is 0 Å². The van der Waals surface area contributed by atoms with Crippen molar-refractivity contribution in [1.82, 2.24) is 20.0 Å². The summed E-state index contributed by atoms with van der Waals surface area (Å²) in [6.45, 7) is 7.59. The highest BCUT2D eigenvalue weighted by Gasteiger charge is 2.35. The number of amides is 1. The van der Waals surface area contributed by atoms with Crippen molar-refractivity contribution in [3.63, 3.8) is 0 Å². The molecule has 3 heterocycles. The van der Waals surface area contributed by atoms with Gasteiger partial charge in [0.25, 0.3) is 5.91 Å². The van der Waals surface area contributed by atoms with E-state index in [1.807, 2.05) is 13.8 Å². The maximum Gasteiger partial charge on any atom is 0.269 e. The quantitative estimate of drug-likeness (QED) is 0.901. The van der Waals surface area contributed by atoms with Crippen molar-refractivity contribution in [2.45, 2.75) is 44.8 Å². The fourth-order valence-electron chi connectivity index (χ4n) is 3.26. The molecule has 0 aromatic carbocycles. The number of hydrogen-bond acceptors (Lipinski definition) is 4. The molecule has 0 spiro atoms. The summed E-state index contributed by atoms with van der Waals surface area (Å²) in [5.74, 6) is -0.0547. The van der Waals surface area contributed by atoms with E-state index < -0.39 is 0 Å². The second kappa shape index (κ2) is 6.15. The lowest BCUT2D eigenvalue weighted by molar-refractivity contribution is 0.0904. The van der Waals surface area contributed by atoms with E-state index in [1.54, 1.807) is 16.9 Å². The SMILES string of the molecule is CC(C)n1nccc1C(=O)N[C@H]1COC[C@@H]1N1CCCC1. The summed E-state index contributed by atoms with van der Waals surface area (Å²) in [5.41, 5.74) is 0.622. The predicted molar refractivity (Wildman–Crippen MR) is 79.3 cm³/mol. The van der Waals surface area contributed by atoms with Gasteiger partial charge in [0.1, 0.15) is 5.69 Å². The lowest BCUT2D eigenvalue weighted by atomic mass is 10.1. The standard InChI is InChI=1S/C15H24N4O2/c1-11(2)19-13(5-6-16-19)15(20)17-12-9-21-10-14(12)18-7-3-4-8-18/h5-6,11-12,14H,3-4,7-10H2,1-2H3,(H,17,20)/t12-,14-/m0/s1. The molecule has 0 bridgehead atoms. The third-order valence-electron chi connectivity index (χ3n) is 4.37. The van der Waals surface area contributed by atoms with Crippen molar-refractivity contribution >= 4 is 5.91 Å². The molecule has 1 aromatic heterocycles. The van der Waals surface area contributed by atoms with Crippen molar-refractivity contribution < 1.29 is 9.53 Å². The molecular weight excluding hydrogens is 268 g/mol. The number of carbonyl (C=O) groups excluding carboxylic acids is 1. The molecule has 6 nitrogen and oxygen atoms in total. The Bertz CT molecular complexity index is 494. The van der Waals surface area contributed by atoms with E-state index in [9.17, 15) is 4.79 Å². The van der Waals surface area contributed by atoms with Crippen LogP contribution in [0.3, 0.4) is 0 Å². The molecule has 0 aliphatic carbocycles. The summed E-state index contributed by atoms with van der Waals surface area (Å²) in [7, 11) is 0. The number of nitrogens with one attached hydrogen (secondary N) is 1. The maximum atomic E-state index is 12.5. The lowest BCUT2D eigenvalue weighted by Gasteiger charge is -2.28. The van der Waals surface area contributed by atoms with Crippen LogP contribution in [0, 0.1) is 0 Å². The lowest BCUT2D eigenvalue weighted by Crippen LogP contribution is -2.50. The molecule has 1 aromatic rings. The zero-order valence-corrected chi connectivity index (χ0v) is 12.8. The van der Waals surface area contributed by atoms with Crippen molar-refractivity contribution in [3.8, 4) is 0 Å². The molecule has 6 heteroatoms. The van der Waals surface area contributed by atoms with Gasteiger partial charge in [0.15, 0.2) is 0 Å². The van der Waals surface area contributed by atoms with Gasteiger partial charge in [-0.15, -0.1) is 0 Å². The first kappa shape index (κ1) is 14.5. The Labute approximate surface area is 125 Å². The van der Waals surface area contributed by atoms with Crippen LogP contribution in [-0.4, -0.2) is 59.0 Å². The number of rotatable bonds is 4. The van der Waals surface area contributed by atoms with Crippen LogP contribution < -0.4 is 5.32 Å². The maximum absolute atomic E-state index is 12.5. The summed E-state index contributed by atoms with van der Waals surface area (Å²) in [4.78, 5) is 14.9. The zero-order chi connectivity index (χ0) is 14.8. The molecule has 2 aliphatic heterocycles. The van der Waals surface area contributed by atoms with E-state index in [0.29, 0.717) is 24.9 Å². The highest BCUT2D eigenvalue weighted by molar-refractivity contribution is 5.92. The molecule has 1 amide bonds. The minimum absolute atomic E-state index is 0.0547. The molecule has 2 atom stereocenters. The summed E-state index contributed by atoms with van der Waals surface area (Å²) >= 11 is 0. The molecule has 1 N–H and O–H groups in total. The highest BCUT2D eigenvalue weighted by Crippen LogP contribution is 2.19. The second-order valence-corrected chi connectivity index (χ2v) is 6.18. The molecule has 2 saturated heterocycles. The Kier molecular flexibility index (Phi) is 4.26. The number of hydrogen-bond donors (Lipinski definition) is 1. The number of carbonyl (C=O) groups is 1. The van der Waals surface area contributed by atoms with Crippen LogP contribution in [0.15, 0.2) is 12.3 Å². The Morgan fingerprint density at radius 1 is 1.38 bits per heavy atom. The van der Waals surface area contributed by atoms with Gasteiger partial charge in [-0.25, -0.2) is 0 Å². The van der Waals surface area contributed by atoms with Gasteiger partial charge in [-0.05, 0) is 45.8 Å². The first-order valence-electron chi connectivity index (χ1n) is 7.83. The van der Waals surface area contributed by atoms with E-state index in [0.717, 1.165) is 13.1 Å². The molecule has 0 unspecified atom stereocenters. The first-order valence-corrected chi connectivity index (χ1v) is 7.83. The van der Waals surface area contributed by atoms with Crippen LogP contribution in [0.4, 0.5) is 0 Å². The molecular formula is C15H24N4O2. The first-order chi connectivity index (χ1) is 10.2. The van der Waals surface area contributed by atoms with Gasteiger partial charge in [-0.2, -0.15) is 5.10 Å². The molecule has 21 heavy (non-hydrogen) atoms. The van der Waals surface area contributed by atoms with Crippen molar-refractivity contribution in [1.29, 1.82) is 0 Å². The van der Waals surface area contributed by atoms with Gasteiger partial charge < -0.3 is 10.1 Å². The van der Waals surface area contributed by atoms with E-state index in [1.165, 1.54) is 12.8 Å². The topological polar surface area (TPSA) is 59.4 Å². The summed E-state index contributed by atoms with van der Waals surface area (Å²) in [5, 5.41) is 7.36. The summed E-state index contributed by atoms with van der Waals surface area (Å²) in [6.07, 6.45) is 4.17. The highest BCUT2D eigenvalue weighted by atomic mass is 16.5. The predicted octanol–water partition coefficient (Wildman–Crippen LogP) is 1.06. The van der Waals surface area contributed by atoms with Crippen molar-refractivity contribution in [2.24, 2.45) is 0 Å². The van der Waals surface area contributed by atoms with Gasteiger partial charge in [-0.1, -0.05) is 0 Å². The summed E-state index contributed by atoms with van der Waals surface area (Å²) < 4.78 is 7.36. The van der Waals surface area contributed by atoms with E-state index in [4.69, 9.17) is 4.74 Å². The molecule has 116 valence electrons. The molecule has 0 saturated carbocycles. The van der Waals surface area contributed by atoms with Crippen LogP contribution in [0.1, 0.15) is 43.2 Å². The van der Waals surface area contributed by atoms with Gasteiger partial charge in [0.05, 0.1) is 25.3 Å². The third-order valence-corrected chi connectivity index (χ3v) is 4.37. The minimum Gasteiger partial charge on any atom is -0.378 e. The molecule has 2 aliphatic rings. The number of nitrogens with zero attached hydrogens (tertiary/aromatic N) is 3. The largest absolute Gasteiger partial charge is 0.378 e. The van der Waals surface area contributed by atoms with Crippen molar-refractivity contribution in [2.75, 3.05) is 26.3 Å². The Morgan fingerprint density at radius 3 is 2.86 bits per heavy atom. The smallest absolute Gasteiger partial charge is 0.269 e. The molecule has 2 fully saturated rings. The Morgan fingerprint density at radius 2 is 2.14 bits per heavy atom. The Balaban J connectivity index is 1.67. The average Bonchev–Trinajstić information content (AvgIpc) is 3.19. The van der Waals surface area contributed by atoms with Crippen LogP contribution in [0.2, 0.25) is 0 Å². The molecule has 3 rings (SSSR count). The van der Waals surface area contributed by atoms with Gasteiger partial charge in [0, 0.05) is 12.2 Å². The van der Waals surface area contributed by atoms with Crippen molar-refractivity contribution in [3.05, 3.63) is 18.0 Å². The normalized spacial score (nSPS) is 26.6. The van der Waals surface area contributed by atoms with E-state index >= 15 is 0 Å². The number of ether oxygens (including phenoxy) is 1. The molecule has 0 radical (unpaired) electrons.